The van der Waals surface area contributed by atoms with Gasteiger partial charge in [-0.3, -0.25) is 9.59 Å². The van der Waals surface area contributed by atoms with E-state index in [1.807, 2.05) is 48.5 Å². The van der Waals surface area contributed by atoms with Crippen LogP contribution in [0.25, 0.3) is 0 Å². The van der Waals surface area contributed by atoms with Gasteiger partial charge in [-0.1, -0.05) is 12.1 Å². The maximum atomic E-state index is 12.4. The molecule has 154 valence electrons. The third-order valence-electron chi connectivity index (χ3n) is 5.18. The van der Waals surface area contributed by atoms with E-state index in [0.29, 0.717) is 13.0 Å². The second-order valence-corrected chi connectivity index (χ2v) is 7.27. The van der Waals surface area contributed by atoms with Crippen LogP contribution in [0.1, 0.15) is 25.3 Å². The zero-order valence-electron chi connectivity index (χ0n) is 17.2. The Labute approximate surface area is 172 Å². The van der Waals surface area contributed by atoms with Gasteiger partial charge in [0.25, 0.3) is 0 Å². The maximum Gasteiger partial charge on any atom is 0.240 e. The molecule has 0 bridgehead atoms. The van der Waals surface area contributed by atoms with Gasteiger partial charge in [-0.15, -0.1) is 0 Å². The standard InChI is InChI=1S/C23H29N3O3/c1-18(27)26(21-10-8-20(9-11-21)25-14-3-4-15-25)17-23(28)24-13-12-19-6-5-7-22(16-19)29-2/h5-11,16H,3-4,12-15,17H2,1-2H3,(H,24,28). The SMILES string of the molecule is COc1cccc(CCNC(=O)CN(C(C)=O)c2ccc(N3CCCC3)cc2)c1. The van der Waals surface area contributed by atoms with Crippen molar-refractivity contribution in [2.75, 3.05) is 43.1 Å². The molecule has 0 aliphatic carbocycles. The van der Waals surface area contributed by atoms with Crippen molar-refractivity contribution in [3.05, 3.63) is 54.1 Å². The first kappa shape index (κ1) is 20.7. The van der Waals surface area contributed by atoms with Crippen molar-refractivity contribution in [2.24, 2.45) is 0 Å². The number of hydrogen-bond acceptors (Lipinski definition) is 4. The van der Waals surface area contributed by atoms with E-state index < -0.39 is 0 Å². The molecule has 3 rings (SSSR count). The molecule has 0 saturated carbocycles. The summed E-state index contributed by atoms with van der Waals surface area (Å²) in [6, 6.07) is 15.7. The number of methoxy groups -OCH3 is 1. The van der Waals surface area contributed by atoms with Crippen LogP contribution in [0.5, 0.6) is 5.75 Å². The normalized spacial score (nSPS) is 13.2. The van der Waals surface area contributed by atoms with Gasteiger partial charge in [-0.05, 0) is 61.2 Å². The highest BCUT2D eigenvalue weighted by molar-refractivity contribution is 5.97. The molecule has 2 amide bonds. The lowest BCUT2D eigenvalue weighted by Crippen LogP contribution is -2.40. The van der Waals surface area contributed by atoms with Gasteiger partial charge in [0, 0.05) is 37.9 Å². The summed E-state index contributed by atoms with van der Waals surface area (Å²) in [7, 11) is 1.63. The Balaban J connectivity index is 1.54. The first-order chi connectivity index (χ1) is 14.1. The van der Waals surface area contributed by atoms with E-state index in [9.17, 15) is 9.59 Å². The molecule has 1 saturated heterocycles. The van der Waals surface area contributed by atoms with Crippen LogP contribution in [-0.2, 0) is 16.0 Å². The summed E-state index contributed by atoms with van der Waals surface area (Å²) in [5.41, 5.74) is 2.99. The molecule has 2 aromatic rings. The molecule has 0 spiro atoms. The zero-order chi connectivity index (χ0) is 20.6. The van der Waals surface area contributed by atoms with Crippen LogP contribution >= 0.6 is 0 Å². The Kier molecular flexibility index (Phi) is 7.11. The van der Waals surface area contributed by atoms with Crippen LogP contribution in [-0.4, -0.2) is 45.1 Å². The second-order valence-electron chi connectivity index (χ2n) is 7.27. The minimum absolute atomic E-state index is 0.0104. The summed E-state index contributed by atoms with van der Waals surface area (Å²) in [5, 5.41) is 2.90. The van der Waals surface area contributed by atoms with Gasteiger partial charge in [0.05, 0.1) is 7.11 Å². The lowest BCUT2D eigenvalue weighted by atomic mass is 10.1. The van der Waals surface area contributed by atoms with Crippen molar-refractivity contribution in [3.63, 3.8) is 0 Å². The molecular formula is C23H29N3O3. The number of amides is 2. The molecule has 6 nitrogen and oxygen atoms in total. The minimum atomic E-state index is -0.174. The van der Waals surface area contributed by atoms with Gasteiger partial charge in [-0.25, -0.2) is 0 Å². The summed E-state index contributed by atoms with van der Waals surface area (Å²) in [4.78, 5) is 28.3. The summed E-state index contributed by atoms with van der Waals surface area (Å²) >= 11 is 0. The highest BCUT2D eigenvalue weighted by Gasteiger charge is 2.17. The Morgan fingerprint density at radius 2 is 1.83 bits per heavy atom. The van der Waals surface area contributed by atoms with E-state index in [1.54, 1.807) is 7.11 Å². The fourth-order valence-electron chi connectivity index (χ4n) is 3.58. The van der Waals surface area contributed by atoms with Gasteiger partial charge in [0.15, 0.2) is 0 Å². The molecule has 1 fully saturated rings. The fraction of sp³-hybridized carbons (Fsp3) is 0.391. The average Bonchev–Trinajstić information content (AvgIpc) is 3.27. The van der Waals surface area contributed by atoms with E-state index >= 15 is 0 Å². The molecule has 1 heterocycles. The average molecular weight is 396 g/mol. The number of rotatable bonds is 8. The van der Waals surface area contributed by atoms with Crippen molar-refractivity contribution in [3.8, 4) is 5.75 Å². The molecule has 0 radical (unpaired) electrons. The number of nitrogens with zero attached hydrogens (tertiary/aromatic N) is 2. The summed E-state index contributed by atoms with van der Waals surface area (Å²) in [6.45, 7) is 4.15. The Hall–Kier alpha value is -3.02. The smallest absolute Gasteiger partial charge is 0.240 e. The van der Waals surface area contributed by atoms with E-state index in [-0.39, 0.29) is 18.4 Å². The van der Waals surface area contributed by atoms with Crippen LogP contribution < -0.4 is 19.9 Å². The Morgan fingerprint density at radius 3 is 2.48 bits per heavy atom. The van der Waals surface area contributed by atoms with Crippen molar-refractivity contribution in [1.29, 1.82) is 0 Å². The van der Waals surface area contributed by atoms with Crippen LogP contribution in [0.2, 0.25) is 0 Å². The predicted molar refractivity (Wildman–Crippen MR) is 116 cm³/mol. The summed E-state index contributed by atoms with van der Waals surface area (Å²) < 4.78 is 5.22. The predicted octanol–water partition coefficient (Wildman–Crippen LogP) is 3.01. The molecule has 1 aliphatic heterocycles. The van der Waals surface area contributed by atoms with Crippen molar-refractivity contribution >= 4 is 23.2 Å². The molecule has 0 aromatic heterocycles. The lowest BCUT2D eigenvalue weighted by Gasteiger charge is -2.23. The van der Waals surface area contributed by atoms with Crippen molar-refractivity contribution in [2.45, 2.75) is 26.2 Å². The number of benzene rings is 2. The van der Waals surface area contributed by atoms with Crippen molar-refractivity contribution in [1.82, 2.24) is 5.32 Å². The van der Waals surface area contributed by atoms with Gasteiger partial charge in [-0.2, -0.15) is 0 Å². The molecule has 29 heavy (non-hydrogen) atoms. The van der Waals surface area contributed by atoms with Crippen LogP contribution in [0.4, 0.5) is 11.4 Å². The molecule has 0 atom stereocenters. The van der Waals surface area contributed by atoms with Crippen LogP contribution in [0.15, 0.2) is 48.5 Å². The van der Waals surface area contributed by atoms with Gasteiger partial charge in [0.2, 0.25) is 11.8 Å². The molecule has 1 aliphatic rings. The van der Waals surface area contributed by atoms with Gasteiger partial charge in [0.1, 0.15) is 12.3 Å². The third kappa shape index (κ3) is 5.73. The highest BCUT2D eigenvalue weighted by Crippen LogP contribution is 2.24. The Morgan fingerprint density at radius 1 is 1.10 bits per heavy atom. The maximum absolute atomic E-state index is 12.4. The number of ether oxygens (including phenoxy) is 1. The molecule has 1 N–H and O–H groups in total. The molecule has 6 heteroatoms. The monoisotopic (exact) mass is 395 g/mol. The van der Waals surface area contributed by atoms with Crippen LogP contribution in [0.3, 0.4) is 0 Å². The van der Waals surface area contributed by atoms with Crippen LogP contribution in [0, 0.1) is 0 Å². The largest absolute Gasteiger partial charge is 0.497 e. The third-order valence-corrected chi connectivity index (χ3v) is 5.18. The summed E-state index contributed by atoms with van der Waals surface area (Å²) in [5.74, 6) is 0.475. The summed E-state index contributed by atoms with van der Waals surface area (Å²) in [6.07, 6.45) is 3.14. The highest BCUT2D eigenvalue weighted by atomic mass is 16.5. The Bertz CT molecular complexity index is 830. The fourth-order valence-corrected chi connectivity index (χ4v) is 3.58. The number of carbonyl (C=O) groups is 2. The van der Waals surface area contributed by atoms with E-state index in [4.69, 9.17) is 4.74 Å². The lowest BCUT2D eigenvalue weighted by molar-refractivity contribution is -0.123. The van der Waals surface area contributed by atoms with E-state index in [2.05, 4.69) is 10.2 Å². The van der Waals surface area contributed by atoms with Gasteiger partial charge >= 0.3 is 0 Å². The molecular weight excluding hydrogens is 366 g/mol. The number of carbonyl (C=O) groups excluding carboxylic acids is 2. The van der Waals surface area contributed by atoms with E-state index in [0.717, 1.165) is 35.8 Å². The van der Waals surface area contributed by atoms with E-state index in [1.165, 1.54) is 24.7 Å². The quantitative estimate of drug-likeness (QED) is 0.746. The van der Waals surface area contributed by atoms with Gasteiger partial charge < -0.3 is 19.9 Å². The topological polar surface area (TPSA) is 61.9 Å². The number of hydrogen-bond donors (Lipinski definition) is 1. The second kappa shape index (κ2) is 9.96. The first-order valence-corrected chi connectivity index (χ1v) is 10.1. The van der Waals surface area contributed by atoms with Crippen molar-refractivity contribution < 1.29 is 14.3 Å². The molecule has 0 unspecified atom stereocenters. The minimum Gasteiger partial charge on any atom is -0.497 e. The number of nitrogens with one attached hydrogen (secondary N) is 1. The number of anilines is 2. The first-order valence-electron chi connectivity index (χ1n) is 10.1. The zero-order valence-corrected chi connectivity index (χ0v) is 17.2. The molecule has 2 aromatic carbocycles.